The fraction of sp³-hybridized carbons (Fsp3) is 0.0645. The summed E-state index contributed by atoms with van der Waals surface area (Å²) in [6.07, 6.45) is 0. The van der Waals surface area contributed by atoms with Gasteiger partial charge in [0.05, 0.1) is 8.80 Å². The van der Waals surface area contributed by atoms with E-state index in [4.69, 9.17) is 0 Å². The standard InChI is InChI=1S/C8H12Si.3C6H5.C5H5.Pt/c1-9(2)8-6-4-3-5-7-8;3*1-2-4-6-5-3-1;1-2-4-5-3-1;/h3-7,9H,1-2H3;3*1-5H;1-5H;/q;4*-1;+4. The third-order valence-corrected chi connectivity index (χ3v) is 5.56. The molecule has 2 heteroatoms. The van der Waals surface area contributed by atoms with Crippen LogP contribution in [0.4, 0.5) is 0 Å². The van der Waals surface area contributed by atoms with Crippen LogP contribution >= 0.6 is 0 Å². The molecule has 0 amide bonds. The monoisotopic (exact) mass is 627 g/mol. The van der Waals surface area contributed by atoms with Crippen LogP contribution in [0.1, 0.15) is 0 Å². The Hall–Kier alpha value is -2.86. The van der Waals surface area contributed by atoms with Gasteiger partial charge >= 0.3 is 21.1 Å². The summed E-state index contributed by atoms with van der Waals surface area (Å²) >= 11 is 0. The molecule has 0 heterocycles. The van der Waals surface area contributed by atoms with E-state index in [0.717, 1.165) is 0 Å². The zero-order chi connectivity index (χ0) is 23.0. The summed E-state index contributed by atoms with van der Waals surface area (Å²) in [4.78, 5) is 0. The SMILES string of the molecule is C[SiH](C)c1ccccc1.[Pt+4].[c-]1ccccc1.[c-]1ccccc1.[c-]1ccccc1.c1cc[cH-]c1. The van der Waals surface area contributed by atoms with Crippen molar-refractivity contribution in [1.29, 1.82) is 0 Å². The van der Waals surface area contributed by atoms with E-state index in [2.05, 4.69) is 61.6 Å². The van der Waals surface area contributed by atoms with Crippen LogP contribution in [0.2, 0.25) is 13.1 Å². The maximum Gasteiger partial charge on any atom is 4.00 e. The van der Waals surface area contributed by atoms with Crippen molar-refractivity contribution >= 4 is 14.0 Å². The first kappa shape index (κ1) is 30.1. The van der Waals surface area contributed by atoms with Crippen molar-refractivity contribution in [3.63, 3.8) is 0 Å². The first-order valence-corrected chi connectivity index (χ1v) is 13.6. The molecule has 170 valence electrons. The Bertz CT molecular complexity index is 751. The van der Waals surface area contributed by atoms with Crippen LogP contribution in [-0.2, 0) is 21.1 Å². The van der Waals surface area contributed by atoms with Crippen molar-refractivity contribution in [3.8, 4) is 0 Å². The second-order valence-electron chi connectivity index (χ2n) is 6.76. The Kier molecular flexibility index (Phi) is 21.7. The molecule has 0 spiro atoms. The molecule has 0 aliphatic carbocycles. The summed E-state index contributed by atoms with van der Waals surface area (Å²) < 4.78 is 0. The van der Waals surface area contributed by atoms with Crippen molar-refractivity contribution < 1.29 is 21.1 Å². The van der Waals surface area contributed by atoms with Gasteiger partial charge in [-0.05, 0) is 0 Å². The summed E-state index contributed by atoms with van der Waals surface area (Å²) in [5.41, 5.74) is 0. The van der Waals surface area contributed by atoms with E-state index in [0.29, 0.717) is 0 Å². The summed E-state index contributed by atoms with van der Waals surface area (Å²) in [5.74, 6) is 0. The largest absolute Gasteiger partial charge is 4.00 e. The molecule has 0 aliphatic rings. The maximum absolute atomic E-state index is 2.89. The van der Waals surface area contributed by atoms with Crippen LogP contribution in [0.3, 0.4) is 0 Å². The van der Waals surface area contributed by atoms with Crippen LogP contribution < -0.4 is 5.19 Å². The fourth-order valence-electron chi connectivity index (χ4n) is 2.18. The molecular formula is C31H32PtSi. The van der Waals surface area contributed by atoms with Crippen molar-refractivity contribution in [2.45, 2.75) is 13.1 Å². The van der Waals surface area contributed by atoms with Crippen LogP contribution in [0, 0.1) is 18.2 Å². The maximum atomic E-state index is 2.89. The molecule has 0 radical (unpaired) electrons. The number of benzene rings is 4. The van der Waals surface area contributed by atoms with Gasteiger partial charge in [0.25, 0.3) is 0 Å². The van der Waals surface area contributed by atoms with Gasteiger partial charge < -0.3 is 0 Å². The van der Waals surface area contributed by atoms with Gasteiger partial charge in [0, 0.05) is 0 Å². The van der Waals surface area contributed by atoms with E-state index in [1.54, 1.807) is 5.19 Å². The van der Waals surface area contributed by atoms with Crippen molar-refractivity contribution in [3.05, 3.63) is 170 Å². The number of hydrogen-bond acceptors (Lipinski definition) is 0. The van der Waals surface area contributed by atoms with E-state index in [9.17, 15) is 0 Å². The average molecular weight is 628 g/mol. The minimum atomic E-state index is -0.529. The third kappa shape index (κ3) is 20.8. The Morgan fingerprint density at radius 2 is 0.818 bits per heavy atom. The van der Waals surface area contributed by atoms with E-state index in [1.165, 1.54) is 0 Å². The molecule has 5 rings (SSSR count). The Morgan fingerprint density at radius 1 is 0.485 bits per heavy atom. The second kappa shape index (κ2) is 23.8. The molecular weight excluding hydrogens is 596 g/mol. The minimum absolute atomic E-state index is 0. The number of hydrogen-bond donors (Lipinski definition) is 0. The molecule has 0 atom stereocenters. The van der Waals surface area contributed by atoms with Gasteiger partial charge in [-0.1, -0.05) is 48.6 Å². The smallest absolute Gasteiger partial charge is 0.214 e. The quantitative estimate of drug-likeness (QED) is 0.136. The summed E-state index contributed by atoms with van der Waals surface area (Å²) in [7, 11) is -0.529. The van der Waals surface area contributed by atoms with Gasteiger partial charge in [0.2, 0.25) is 0 Å². The van der Waals surface area contributed by atoms with Gasteiger partial charge in [-0.2, -0.15) is 127 Å². The van der Waals surface area contributed by atoms with Gasteiger partial charge in [0.1, 0.15) is 0 Å². The Balaban J connectivity index is 0.000000390. The zero-order valence-electron chi connectivity index (χ0n) is 19.3. The normalized spacial score (nSPS) is 8.33. The molecule has 0 nitrogen and oxygen atoms in total. The Morgan fingerprint density at radius 3 is 0.970 bits per heavy atom. The van der Waals surface area contributed by atoms with Crippen LogP contribution in [0.25, 0.3) is 0 Å². The van der Waals surface area contributed by atoms with E-state index in [1.807, 2.05) is 121 Å². The molecule has 0 aliphatic heterocycles. The molecule has 5 aromatic rings. The van der Waals surface area contributed by atoms with Crippen molar-refractivity contribution in [2.75, 3.05) is 0 Å². The fourth-order valence-corrected chi connectivity index (χ4v) is 3.18. The van der Waals surface area contributed by atoms with Gasteiger partial charge in [0.15, 0.2) is 0 Å². The van der Waals surface area contributed by atoms with Crippen molar-refractivity contribution in [1.82, 2.24) is 0 Å². The second-order valence-corrected chi connectivity index (χ2v) is 9.74. The predicted molar refractivity (Wildman–Crippen MR) is 143 cm³/mol. The summed E-state index contributed by atoms with van der Waals surface area (Å²) in [6.45, 7) is 4.69. The summed E-state index contributed by atoms with van der Waals surface area (Å²) in [5, 5.41) is 1.55. The average Bonchev–Trinajstić information content (AvgIpc) is 3.49. The molecule has 33 heavy (non-hydrogen) atoms. The molecule has 0 aromatic heterocycles. The molecule has 0 unspecified atom stereocenters. The third-order valence-electron chi connectivity index (χ3n) is 3.84. The first-order chi connectivity index (χ1) is 15.8. The number of rotatable bonds is 1. The minimum Gasteiger partial charge on any atom is -0.214 e. The predicted octanol–water partition coefficient (Wildman–Crippen LogP) is 7.24. The molecule has 0 fully saturated rings. The van der Waals surface area contributed by atoms with E-state index >= 15 is 0 Å². The van der Waals surface area contributed by atoms with Gasteiger partial charge in [-0.3, -0.25) is 0 Å². The topological polar surface area (TPSA) is 0 Å². The van der Waals surface area contributed by atoms with E-state index in [-0.39, 0.29) is 21.1 Å². The zero-order valence-corrected chi connectivity index (χ0v) is 22.8. The van der Waals surface area contributed by atoms with Crippen LogP contribution in [0.5, 0.6) is 0 Å². The molecule has 0 bridgehead atoms. The van der Waals surface area contributed by atoms with Gasteiger partial charge in [-0.15, -0.1) is 0 Å². The van der Waals surface area contributed by atoms with Crippen LogP contribution in [0.15, 0.2) is 152 Å². The molecule has 5 aromatic carbocycles. The van der Waals surface area contributed by atoms with Crippen LogP contribution in [-0.4, -0.2) is 8.80 Å². The molecule has 0 saturated carbocycles. The first-order valence-electron chi connectivity index (χ1n) is 10.8. The van der Waals surface area contributed by atoms with Crippen molar-refractivity contribution in [2.24, 2.45) is 0 Å². The Labute approximate surface area is 217 Å². The molecule has 0 N–H and O–H groups in total. The van der Waals surface area contributed by atoms with Gasteiger partial charge in [-0.25, -0.2) is 12.1 Å². The summed E-state index contributed by atoms with van der Waals surface area (Å²) in [6, 6.07) is 58.2. The molecule has 0 saturated heterocycles. The van der Waals surface area contributed by atoms with E-state index < -0.39 is 8.80 Å².